The third kappa shape index (κ3) is 4.46. The van der Waals surface area contributed by atoms with Crippen LogP contribution in [0.25, 0.3) is 0 Å². The molecular formula is C17H25ClFN. The third-order valence-electron chi connectivity index (χ3n) is 4.35. The molecule has 1 aliphatic carbocycles. The van der Waals surface area contributed by atoms with E-state index in [2.05, 4.69) is 12.2 Å². The van der Waals surface area contributed by atoms with Crippen molar-refractivity contribution in [3.8, 4) is 0 Å². The Morgan fingerprint density at radius 2 is 2.10 bits per heavy atom. The predicted molar refractivity (Wildman–Crippen MR) is 83.8 cm³/mol. The van der Waals surface area contributed by atoms with E-state index >= 15 is 0 Å². The van der Waals surface area contributed by atoms with Gasteiger partial charge in [-0.1, -0.05) is 37.4 Å². The highest BCUT2D eigenvalue weighted by molar-refractivity contribution is 6.30. The summed E-state index contributed by atoms with van der Waals surface area (Å²) < 4.78 is 13.5. The average molecular weight is 298 g/mol. The number of halogens is 2. The van der Waals surface area contributed by atoms with Gasteiger partial charge in [0.05, 0.1) is 5.02 Å². The van der Waals surface area contributed by atoms with Gasteiger partial charge < -0.3 is 5.32 Å². The van der Waals surface area contributed by atoms with Gasteiger partial charge in [0.25, 0.3) is 0 Å². The van der Waals surface area contributed by atoms with E-state index in [4.69, 9.17) is 11.6 Å². The van der Waals surface area contributed by atoms with E-state index in [1.807, 2.05) is 6.07 Å². The minimum absolute atomic E-state index is 0.213. The van der Waals surface area contributed by atoms with Gasteiger partial charge in [0.2, 0.25) is 0 Å². The number of nitrogens with one attached hydrogen (secondary N) is 1. The molecule has 0 aliphatic heterocycles. The van der Waals surface area contributed by atoms with Crippen LogP contribution < -0.4 is 5.32 Å². The van der Waals surface area contributed by atoms with Gasteiger partial charge >= 0.3 is 0 Å². The lowest BCUT2D eigenvalue weighted by molar-refractivity contribution is 0.340. The molecule has 1 saturated carbocycles. The molecule has 1 N–H and O–H groups in total. The Morgan fingerprint density at radius 1 is 1.35 bits per heavy atom. The maximum absolute atomic E-state index is 13.5. The predicted octanol–water partition coefficient (Wildman–Crippen LogP) is 4.97. The summed E-state index contributed by atoms with van der Waals surface area (Å²) in [6.45, 7) is 3.28. The Bertz CT molecular complexity index is 415. The van der Waals surface area contributed by atoms with Crippen molar-refractivity contribution in [1.29, 1.82) is 0 Å². The molecule has 20 heavy (non-hydrogen) atoms. The average Bonchev–Trinajstić information content (AvgIpc) is 2.97. The molecule has 0 amide bonds. The molecule has 1 atom stereocenters. The first-order chi connectivity index (χ1) is 9.70. The minimum atomic E-state index is -0.303. The Labute approximate surface area is 126 Å². The van der Waals surface area contributed by atoms with Gasteiger partial charge in [-0.15, -0.1) is 0 Å². The number of hydrogen-bond acceptors (Lipinski definition) is 1. The van der Waals surface area contributed by atoms with Crippen molar-refractivity contribution in [1.82, 2.24) is 5.32 Å². The van der Waals surface area contributed by atoms with Gasteiger partial charge in [0.1, 0.15) is 5.82 Å². The SMILES string of the molecule is CCCNC(CCc1ccc(Cl)c(F)c1)C1CCCC1. The van der Waals surface area contributed by atoms with Crippen LogP contribution in [0, 0.1) is 11.7 Å². The van der Waals surface area contributed by atoms with Crippen molar-refractivity contribution in [3.05, 3.63) is 34.6 Å². The summed E-state index contributed by atoms with van der Waals surface area (Å²) in [6.07, 6.45) is 8.60. The first-order valence-corrected chi connectivity index (χ1v) is 8.25. The normalized spacial score (nSPS) is 17.6. The van der Waals surface area contributed by atoms with Crippen LogP contribution in [0.15, 0.2) is 18.2 Å². The summed E-state index contributed by atoms with van der Waals surface area (Å²) in [5.41, 5.74) is 1.05. The second-order valence-corrected chi connectivity index (χ2v) is 6.30. The van der Waals surface area contributed by atoms with E-state index in [1.165, 1.54) is 32.1 Å². The molecule has 1 fully saturated rings. The highest BCUT2D eigenvalue weighted by Crippen LogP contribution is 2.30. The smallest absolute Gasteiger partial charge is 0.142 e. The maximum Gasteiger partial charge on any atom is 0.142 e. The maximum atomic E-state index is 13.5. The lowest BCUT2D eigenvalue weighted by Crippen LogP contribution is -2.36. The second kappa shape index (κ2) is 7.99. The molecule has 112 valence electrons. The van der Waals surface area contributed by atoms with E-state index in [0.717, 1.165) is 30.9 Å². The Hall–Kier alpha value is -0.600. The Balaban J connectivity index is 1.91. The molecular weight excluding hydrogens is 273 g/mol. The zero-order chi connectivity index (χ0) is 14.4. The van der Waals surface area contributed by atoms with Crippen molar-refractivity contribution in [3.63, 3.8) is 0 Å². The molecule has 2 rings (SSSR count). The van der Waals surface area contributed by atoms with Gasteiger partial charge in [-0.25, -0.2) is 4.39 Å². The highest BCUT2D eigenvalue weighted by atomic mass is 35.5. The fourth-order valence-electron chi connectivity index (χ4n) is 3.21. The quantitative estimate of drug-likeness (QED) is 0.749. The number of hydrogen-bond donors (Lipinski definition) is 1. The molecule has 3 heteroatoms. The van der Waals surface area contributed by atoms with E-state index in [0.29, 0.717) is 6.04 Å². The molecule has 1 aromatic rings. The first-order valence-electron chi connectivity index (χ1n) is 7.88. The van der Waals surface area contributed by atoms with Crippen molar-refractivity contribution in [2.24, 2.45) is 5.92 Å². The molecule has 0 spiro atoms. The zero-order valence-electron chi connectivity index (χ0n) is 12.3. The fourth-order valence-corrected chi connectivity index (χ4v) is 3.33. The molecule has 0 bridgehead atoms. The summed E-state index contributed by atoms with van der Waals surface area (Å²) in [5.74, 6) is 0.502. The van der Waals surface area contributed by atoms with Crippen LogP contribution in [0.3, 0.4) is 0 Å². The Kier molecular flexibility index (Phi) is 6.31. The number of rotatable bonds is 7. The highest BCUT2D eigenvalue weighted by Gasteiger charge is 2.24. The third-order valence-corrected chi connectivity index (χ3v) is 4.66. The minimum Gasteiger partial charge on any atom is -0.314 e. The Morgan fingerprint density at radius 3 is 2.75 bits per heavy atom. The number of benzene rings is 1. The summed E-state index contributed by atoms with van der Waals surface area (Å²) >= 11 is 5.73. The van der Waals surface area contributed by atoms with Gasteiger partial charge in [-0.05, 0) is 62.3 Å². The molecule has 1 nitrogen and oxygen atoms in total. The van der Waals surface area contributed by atoms with E-state index in [1.54, 1.807) is 12.1 Å². The summed E-state index contributed by atoms with van der Waals surface area (Å²) in [5, 5.41) is 3.90. The lowest BCUT2D eigenvalue weighted by Gasteiger charge is -2.25. The zero-order valence-corrected chi connectivity index (χ0v) is 13.1. The van der Waals surface area contributed by atoms with Crippen LogP contribution in [-0.2, 0) is 6.42 Å². The van der Waals surface area contributed by atoms with Crippen LogP contribution in [0.2, 0.25) is 5.02 Å². The standard InChI is InChI=1S/C17H25ClFN/c1-2-11-20-17(14-5-3-4-6-14)10-8-13-7-9-15(18)16(19)12-13/h7,9,12,14,17,20H,2-6,8,10-11H2,1H3. The van der Waals surface area contributed by atoms with Crippen LogP contribution in [0.5, 0.6) is 0 Å². The fraction of sp³-hybridized carbons (Fsp3) is 0.647. The lowest BCUT2D eigenvalue weighted by atomic mass is 9.92. The first kappa shape index (κ1) is 15.8. The van der Waals surface area contributed by atoms with E-state index < -0.39 is 0 Å². The molecule has 0 saturated heterocycles. The van der Waals surface area contributed by atoms with Gasteiger partial charge in [-0.3, -0.25) is 0 Å². The van der Waals surface area contributed by atoms with Crippen molar-refractivity contribution < 1.29 is 4.39 Å². The molecule has 0 radical (unpaired) electrons. The van der Waals surface area contributed by atoms with Crippen LogP contribution in [0.1, 0.15) is 51.0 Å². The van der Waals surface area contributed by atoms with E-state index in [-0.39, 0.29) is 10.8 Å². The second-order valence-electron chi connectivity index (χ2n) is 5.89. The molecule has 1 aliphatic rings. The van der Waals surface area contributed by atoms with Crippen molar-refractivity contribution >= 4 is 11.6 Å². The molecule has 1 aromatic carbocycles. The van der Waals surface area contributed by atoms with Gasteiger partial charge in [0, 0.05) is 6.04 Å². The molecule has 0 heterocycles. The van der Waals surface area contributed by atoms with Crippen LogP contribution >= 0.6 is 11.6 Å². The van der Waals surface area contributed by atoms with E-state index in [9.17, 15) is 4.39 Å². The van der Waals surface area contributed by atoms with Gasteiger partial charge in [0.15, 0.2) is 0 Å². The van der Waals surface area contributed by atoms with Crippen molar-refractivity contribution in [2.75, 3.05) is 6.54 Å². The largest absolute Gasteiger partial charge is 0.314 e. The summed E-state index contributed by atoms with van der Waals surface area (Å²) in [7, 11) is 0. The summed E-state index contributed by atoms with van der Waals surface area (Å²) in [4.78, 5) is 0. The molecule has 1 unspecified atom stereocenters. The van der Waals surface area contributed by atoms with Crippen LogP contribution in [-0.4, -0.2) is 12.6 Å². The van der Waals surface area contributed by atoms with Crippen LogP contribution in [0.4, 0.5) is 4.39 Å². The summed E-state index contributed by atoms with van der Waals surface area (Å²) in [6, 6.07) is 5.76. The topological polar surface area (TPSA) is 12.0 Å². The van der Waals surface area contributed by atoms with Crippen molar-refractivity contribution in [2.45, 2.75) is 57.9 Å². The monoisotopic (exact) mass is 297 g/mol. The molecule has 0 aromatic heterocycles. The number of aryl methyl sites for hydroxylation is 1. The van der Waals surface area contributed by atoms with Gasteiger partial charge in [-0.2, -0.15) is 0 Å².